The topological polar surface area (TPSA) is 66.6 Å². The standard InChI is InChI=1S/C18H18ClFN2O2/c19-13-4-1-11(2-5-13)16-6-3-12(7-17(16)20)18(24)22-9-14(21)8-15(23)10-22/h1-7,14-15,23H,8-10,21H2. The minimum Gasteiger partial charge on any atom is -0.391 e. The molecular formula is C18H18ClFN2O2. The van der Waals surface area contributed by atoms with Gasteiger partial charge in [-0.2, -0.15) is 0 Å². The second kappa shape index (κ2) is 6.89. The van der Waals surface area contributed by atoms with Crippen LogP contribution in [0.3, 0.4) is 0 Å². The molecule has 0 bridgehead atoms. The molecule has 1 aliphatic heterocycles. The van der Waals surface area contributed by atoms with E-state index in [4.69, 9.17) is 17.3 Å². The molecule has 3 rings (SSSR count). The summed E-state index contributed by atoms with van der Waals surface area (Å²) in [7, 11) is 0. The summed E-state index contributed by atoms with van der Waals surface area (Å²) in [5.41, 5.74) is 7.16. The van der Waals surface area contributed by atoms with Gasteiger partial charge in [0, 0.05) is 35.3 Å². The molecule has 2 atom stereocenters. The fourth-order valence-corrected chi connectivity index (χ4v) is 3.10. The van der Waals surface area contributed by atoms with E-state index in [9.17, 15) is 14.3 Å². The van der Waals surface area contributed by atoms with E-state index in [0.717, 1.165) is 0 Å². The van der Waals surface area contributed by atoms with Gasteiger partial charge < -0.3 is 15.7 Å². The smallest absolute Gasteiger partial charge is 0.254 e. The summed E-state index contributed by atoms with van der Waals surface area (Å²) in [5.74, 6) is -0.809. The summed E-state index contributed by atoms with van der Waals surface area (Å²) in [6.45, 7) is 0.573. The van der Waals surface area contributed by atoms with Gasteiger partial charge in [0.2, 0.25) is 0 Å². The number of halogens is 2. The molecule has 1 amide bonds. The van der Waals surface area contributed by atoms with Crippen molar-refractivity contribution in [3.8, 4) is 11.1 Å². The minimum absolute atomic E-state index is 0.215. The van der Waals surface area contributed by atoms with Crippen LogP contribution >= 0.6 is 11.6 Å². The van der Waals surface area contributed by atoms with E-state index in [1.807, 2.05) is 0 Å². The van der Waals surface area contributed by atoms with Gasteiger partial charge in [0.05, 0.1) is 6.10 Å². The SMILES string of the molecule is NC1CC(O)CN(C(=O)c2ccc(-c3ccc(Cl)cc3)c(F)c2)C1. The summed E-state index contributed by atoms with van der Waals surface area (Å²) >= 11 is 5.84. The average Bonchev–Trinajstić information content (AvgIpc) is 2.54. The summed E-state index contributed by atoms with van der Waals surface area (Å²) < 4.78 is 14.4. The molecule has 0 spiro atoms. The van der Waals surface area contributed by atoms with Crippen molar-refractivity contribution in [3.63, 3.8) is 0 Å². The predicted molar refractivity (Wildman–Crippen MR) is 91.3 cm³/mol. The lowest BCUT2D eigenvalue weighted by Crippen LogP contribution is -2.51. The van der Waals surface area contributed by atoms with Crippen molar-refractivity contribution in [2.45, 2.75) is 18.6 Å². The molecule has 1 fully saturated rings. The lowest BCUT2D eigenvalue weighted by Gasteiger charge is -2.34. The number of hydrogen-bond donors (Lipinski definition) is 2. The van der Waals surface area contributed by atoms with Crippen molar-refractivity contribution >= 4 is 17.5 Å². The molecular weight excluding hydrogens is 331 g/mol. The van der Waals surface area contributed by atoms with Crippen LogP contribution in [0.25, 0.3) is 11.1 Å². The third-order valence-electron chi connectivity index (χ3n) is 4.12. The van der Waals surface area contributed by atoms with Crippen molar-refractivity contribution in [1.82, 2.24) is 4.90 Å². The van der Waals surface area contributed by atoms with Crippen LogP contribution in [-0.4, -0.2) is 41.1 Å². The van der Waals surface area contributed by atoms with Gasteiger partial charge in [-0.05, 0) is 36.2 Å². The van der Waals surface area contributed by atoms with Crippen LogP contribution in [0.5, 0.6) is 0 Å². The molecule has 2 aromatic carbocycles. The predicted octanol–water partition coefficient (Wildman–Crippen LogP) is 2.68. The summed E-state index contributed by atoms with van der Waals surface area (Å²) in [4.78, 5) is 14.0. The monoisotopic (exact) mass is 348 g/mol. The van der Waals surface area contributed by atoms with Crippen molar-refractivity contribution < 1.29 is 14.3 Å². The zero-order valence-corrected chi connectivity index (χ0v) is 13.7. The molecule has 0 saturated carbocycles. The molecule has 3 N–H and O–H groups in total. The molecule has 0 radical (unpaired) electrons. The van der Waals surface area contributed by atoms with Gasteiger partial charge >= 0.3 is 0 Å². The Balaban J connectivity index is 1.84. The molecule has 2 unspecified atom stereocenters. The lowest BCUT2D eigenvalue weighted by atomic mass is 10.0. The van der Waals surface area contributed by atoms with Crippen molar-refractivity contribution in [2.75, 3.05) is 13.1 Å². The Labute approximate surface area is 144 Å². The fourth-order valence-electron chi connectivity index (χ4n) is 2.97. The first-order chi connectivity index (χ1) is 11.4. The van der Waals surface area contributed by atoms with E-state index in [-0.39, 0.29) is 24.1 Å². The maximum absolute atomic E-state index is 14.4. The third kappa shape index (κ3) is 3.59. The van der Waals surface area contributed by atoms with E-state index >= 15 is 0 Å². The summed E-state index contributed by atoms with van der Waals surface area (Å²) in [5, 5.41) is 10.3. The van der Waals surface area contributed by atoms with Crippen LogP contribution in [0.2, 0.25) is 5.02 Å². The number of β-amino-alcohol motifs (C(OH)–C–C–N with tert-alkyl or cyclic N) is 1. The molecule has 126 valence electrons. The highest BCUT2D eigenvalue weighted by molar-refractivity contribution is 6.30. The number of aliphatic hydroxyl groups excluding tert-OH is 1. The number of nitrogens with zero attached hydrogens (tertiary/aromatic N) is 1. The normalized spacial score (nSPS) is 20.9. The number of rotatable bonds is 2. The fraction of sp³-hybridized carbons (Fsp3) is 0.278. The number of benzene rings is 2. The third-order valence-corrected chi connectivity index (χ3v) is 4.37. The number of carbonyl (C=O) groups is 1. The van der Waals surface area contributed by atoms with Crippen LogP contribution in [0.4, 0.5) is 4.39 Å². The van der Waals surface area contributed by atoms with Crippen LogP contribution in [0.1, 0.15) is 16.8 Å². The van der Waals surface area contributed by atoms with Gasteiger partial charge in [-0.3, -0.25) is 4.79 Å². The number of nitrogens with two attached hydrogens (primary N) is 1. The first kappa shape index (κ1) is 16.9. The summed E-state index contributed by atoms with van der Waals surface area (Å²) in [6.07, 6.45) is -0.177. The van der Waals surface area contributed by atoms with E-state index in [0.29, 0.717) is 29.1 Å². The number of likely N-dealkylation sites (tertiary alicyclic amines) is 1. The second-order valence-corrected chi connectivity index (χ2v) is 6.50. The number of carbonyl (C=O) groups excluding carboxylic acids is 1. The van der Waals surface area contributed by atoms with Crippen molar-refractivity contribution in [1.29, 1.82) is 0 Å². The molecule has 24 heavy (non-hydrogen) atoms. The van der Waals surface area contributed by atoms with Crippen LogP contribution in [-0.2, 0) is 0 Å². The highest BCUT2D eigenvalue weighted by Crippen LogP contribution is 2.26. The molecule has 0 aliphatic carbocycles. The molecule has 4 nitrogen and oxygen atoms in total. The maximum Gasteiger partial charge on any atom is 0.254 e. The van der Waals surface area contributed by atoms with Gasteiger partial charge in [-0.1, -0.05) is 29.8 Å². The molecule has 2 aromatic rings. The Morgan fingerprint density at radius 3 is 2.54 bits per heavy atom. The van der Waals surface area contributed by atoms with Crippen LogP contribution in [0.15, 0.2) is 42.5 Å². The largest absolute Gasteiger partial charge is 0.391 e. The number of hydrogen-bond acceptors (Lipinski definition) is 3. The maximum atomic E-state index is 14.4. The highest BCUT2D eigenvalue weighted by Gasteiger charge is 2.27. The highest BCUT2D eigenvalue weighted by atomic mass is 35.5. The van der Waals surface area contributed by atoms with E-state index in [2.05, 4.69) is 0 Å². The van der Waals surface area contributed by atoms with Crippen molar-refractivity contribution in [3.05, 3.63) is 58.9 Å². The molecule has 1 heterocycles. The van der Waals surface area contributed by atoms with E-state index < -0.39 is 11.9 Å². The lowest BCUT2D eigenvalue weighted by molar-refractivity contribution is 0.0423. The zero-order valence-electron chi connectivity index (χ0n) is 13.0. The van der Waals surface area contributed by atoms with Gasteiger partial charge in [0.15, 0.2) is 0 Å². The molecule has 1 aliphatic rings. The van der Waals surface area contributed by atoms with Crippen molar-refractivity contribution in [2.24, 2.45) is 5.73 Å². The van der Waals surface area contributed by atoms with Gasteiger partial charge in [0.25, 0.3) is 5.91 Å². The zero-order chi connectivity index (χ0) is 17.3. The number of amides is 1. The molecule has 6 heteroatoms. The second-order valence-electron chi connectivity index (χ2n) is 6.06. The Morgan fingerprint density at radius 2 is 1.92 bits per heavy atom. The number of aliphatic hydroxyl groups is 1. The van der Waals surface area contributed by atoms with E-state index in [1.165, 1.54) is 11.0 Å². The van der Waals surface area contributed by atoms with Crippen LogP contribution < -0.4 is 5.73 Å². The van der Waals surface area contributed by atoms with E-state index in [1.54, 1.807) is 36.4 Å². The minimum atomic E-state index is -0.643. The van der Waals surface area contributed by atoms with Gasteiger partial charge in [-0.15, -0.1) is 0 Å². The van der Waals surface area contributed by atoms with Gasteiger partial charge in [-0.25, -0.2) is 4.39 Å². The average molecular weight is 349 g/mol. The Bertz CT molecular complexity index is 741. The Morgan fingerprint density at radius 1 is 1.21 bits per heavy atom. The first-order valence-electron chi connectivity index (χ1n) is 7.72. The van der Waals surface area contributed by atoms with Crippen LogP contribution in [0, 0.1) is 5.82 Å². The Kier molecular flexibility index (Phi) is 4.85. The molecule has 0 aromatic heterocycles. The van der Waals surface area contributed by atoms with Gasteiger partial charge in [0.1, 0.15) is 5.82 Å². The number of piperidine rings is 1. The summed E-state index contributed by atoms with van der Waals surface area (Å²) in [6, 6.07) is 10.9. The Hall–Kier alpha value is -1.95. The molecule has 1 saturated heterocycles. The first-order valence-corrected chi connectivity index (χ1v) is 8.10. The quantitative estimate of drug-likeness (QED) is 0.877.